The lowest BCUT2D eigenvalue weighted by atomic mass is 9.93. The summed E-state index contributed by atoms with van der Waals surface area (Å²) in [4.78, 5) is 2.38. The minimum absolute atomic E-state index is 0.331. The van der Waals surface area contributed by atoms with E-state index in [2.05, 4.69) is 51.1 Å². The van der Waals surface area contributed by atoms with Gasteiger partial charge in [-0.3, -0.25) is 4.90 Å². The van der Waals surface area contributed by atoms with Gasteiger partial charge in [0, 0.05) is 24.9 Å². The van der Waals surface area contributed by atoms with Gasteiger partial charge in [-0.2, -0.15) is 11.8 Å². The molecule has 0 aliphatic rings. The molecule has 0 bridgehead atoms. The quantitative estimate of drug-likeness (QED) is 0.858. The third kappa shape index (κ3) is 3.74. The fraction of sp³-hybridized carbons (Fsp3) is 0.600. The molecule has 0 saturated heterocycles. The van der Waals surface area contributed by atoms with Crippen LogP contribution in [-0.4, -0.2) is 37.0 Å². The van der Waals surface area contributed by atoms with Crippen LogP contribution < -0.4 is 5.73 Å². The van der Waals surface area contributed by atoms with Crippen molar-refractivity contribution in [2.75, 3.05) is 32.1 Å². The van der Waals surface area contributed by atoms with Gasteiger partial charge in [0.2, 0.25) is 0 Å². The number of hydrogen-bond acceptors (Lipinski definition) is 3. The molecule has 1 rings (SSSR count). The van der Waals surface area contributed by atoms with Gasteiger partial charge in [0.1, 0.15) is 0 Å². The van der Waals surface area contributed by atoms with Gasteiger partial charge in [-0.1, -0.05) is 17.7 Å². The van der Waals surface area contributed by atoms with Gasteiger partial charge in [0.05, 0.1) is 0 Å². The molecule has 1 unspecified atom stereocenters. The Balaban J connectivity index is 3.01. The van der Waals surface area contributed by atoms with E-state index in [9.17, 15) is 0 Å². The minimum Gasteiger partial charge on any atom is -0.329 e. The first-order valence-corrected chi connectivity index (χ1v) is 7.87. The maximum Gasteiger partial charge on any atom is 0.0472 e. The summed E-state index contributed by atoms with van der Waals surface area (Å²) in [7, 11) is 2.17. The molecule has 1 atom stereocenters. The zero-order valence-electron chi connectivity index (χ0n) is 12.3. The van der Waals surface area contributed by atoms with Crippen LogP contribution in [0.4, 0.5) is 0 Å². The number of likely N-dealkylation sites (N-methyl/N-ethyl adjacent to an activating group) is 1. The molecular formula is C15H26N2S. The van der Waals surface area contributed by atoms with Crippen LogP contribution in [0.3, 0.4) is 0 Å². The van der Waals surface area contributed by atoms with Crippen LogP contribution >= 0.6 is 11.8 Å². The Morgan fingerprint density at radius 3 is 2.22 bits per heavy atom. The van der Waals surface area contributed by atoms with Gasteiger partial charge in [0.15, 0.2) is 0 Å². The number of benzene rings is 1. The highest BCUT2D eigenvalue weighted by molar-refractivity contribution is 7.98. The molecule has 0 saturated carbocycles. The molecule has 0 aliphatic heterocycles. The molecule has 18 heavy (non-hydrogen) atoms. The summed E-state index contributed by atoms with van der Waals surface area (Å²) in [5.41, 5.74) is 11.5. The normalized spacial score (nSPS) is 13.1. The summed E-state index contributed by atoms with van der Waals surface area (Å²) in [5, 5.41) is 0. The fourth-order valence-corrected chi connectivity index (χ4v) is 3.10. The van der Waals surface area contributed by atoms with Gasteiger partial charge >= 0.3 is 0 Å². The van der Waals surface area contributed by atoms with E-state index in [4.69, 9.17) is 5.73 Å². The SMILES string of the molecule is CSCCN(C)C(CN)c1c(C)cc(C)cc1C. The number of aryl methyl sites for hydroxylation is 3. The lowest BCUT2D eigenvalue weighted by Gasteiger charge is -2.30. The number of hydrogen-bond donors (Lipinski definition) is 1. The summed E-state index contributed by atoms with van der Waals surface area (Å²) >= 11 is 1.88. The van der Waals surface area contributed by atoms with Crippen LogP contribution in [0.25, 0.3) is 0 Å². The molecule has 0 heterocycles. The Morgan fingerprint density at radius 2 is 1.78 bits per heavy atom. The molecular weight excluding hydrogens is 240 g/mol. The zero-order valence-corrected chi connectivity index (χ0v) is 13.1. The molecule has 0 fully saturated rings. The summed E-state index contributed by atoms with van der Waals surface area (Å²) in [6, 6.07) is 4.85. The van der Waals surface area contributed by atoms with Crippen molar-refractivity contribution >= 4 is 11.8 Å². The van der Waals surface area contributed by atoms with Crippen LogP contribution in [0, 0.1) is 20.8 Å². The number of thioether (sulfide) groups is 1. The van der Waals surface area contributed by atoms with E-state index in [-0.39, 0.29) is 0 Å². The molecule has 0 radical (unpaired) electrons. The van der Waals surface area contributed by atoms with E-state index < -0.39 is 0 Å². The van der Waals surface area contributed by atoms with Crippen molar-refractivity contribution in [2.24, 2.45) is 5.73 Å². The molecule has 0 amide bonds. The molecule has 3 heteroatoms. The molecule has 0 aromatic heterocycles. The molecule has 2 N–H and O–H groups in total. The Kier molecular flexibility index (Phi) is 6.19. The molecule has 1 aromatic carbocycles. The van der Waals surface area contributed by atoms with Gasteiger partial charge in [-0.05, 0) is 50.8 Å². The van der Waals surface area contributed by atoms with Crippen LogP contribution in [-0.2, 0) is 0 Å². The van der Waals surface area contributed by atoms with Gasteiger partial charge in [0.25, 0.3) is 0 Å². The van der Waals surface area contributed by atoms with Crippen molar-refractivity contribution in [3.8, 4) is 0 Å². The predicted octanol–water partition coefficient (Wildman–Crippen LogP) is 2.91. The van der Waals surface area contributed by atoms with E-state index in [0.29, 0.717) is 12.6 Å². The standard InChI is InChI=1S/C15H26N2S/c1-11-8-12(2)15(13(3)9-11)14(10-16)17(4)6-7-18-5/h8-9,14H,6-7,10,16H2,1-5H3. The Morgan fingerprint density at radius 1 is 1.22 bits per heavy atom. The molecule has 102 valence electrons. The second-order valence-corrected chi connectivity index (χ2v) is 6.02. The van der Waals surface area contributed by atoms with Crippen LogP contribution in [0.5, 0.6) is 0 Å². The molecule has 2 nitrogen and oxygen atoms in total. The summed E-state index contributed by atoms with van der Waals surface area (Å²) in [6.07, 6.45) is 2.15. The first-order chi connectivity index (χ1) is 8.51. The van der Waals surface area contributed by atoms with Crippen molar-refractivity contribution in [1.29, 1.82) is 0 Å². The average molecular weight is 266 g/mol. The highest BCUT2D eigenvalue weighted by Gasteiger charge is 2.19. The third-order valence-corrected chi connectivity index (χ3v) is 4.07. The smallest absolute Gasteiger partial charge is 0.0472 e. The van der Waals surface area contributed by atoms with Crippen molar-refractivity contribution in [3.05, 3.63) is 34.4 Å². The van der Waals surface area contributed by atoms with E-state index in [0.717, 1.165) is 12.3 Å². The zero-order chi connectivity index (χ0) is 13.7. The van der Waals surface area contributed by atoms with Crippen LogP contribution in [0.1, 0.15) is 28.3 Å². The fourth-order valence-electron chi connectivity index (χ4n) is 2.63. The van der Waals surface area contributed by atoms with Crippen molar-refractivity contribution in [3.63, 3.8) is 0 Å². The summed E-state index contributed by atoms with van der Waals surface area (Å²) in [5.74, 6) is 1.15. The Hall–Kier alpha value is -0.510. The molecule has 1 aromatic rings. The largest absolute Gasteiger partial charge is 0.329 e. The van der Waals surface area contributed by atoms with E-state index in [1.54, 1.807) is 0 Å². The highest BCUT2D eigenvalue weighted by atomic mass is 32.2. The number of nitrogens with zero attached hydrogens (tertiary/aromatic N) is 1. The number of rotatable bonds is 6. The number of nitrogens with two attached hydrogens (primary N) is 1. The highest BCUT2D eigenvalue weighted by Crippen LogP contribution is 2.26. The van der Waals surface area contributed by atoms with Gasteiger partial charge in [-0.25, -0.2) is 0 Å². The van der Waals surface area contributed by atoms with E-state index in [1.165, 1.54) is 22.3 Å². The summed E-state index contributed by atoms with van der Waals surface area (Å²) in [6.45, 7) is 8.30. The predicted molar refractivity (Wildman–Crippen MR) is 83.5 cm³/mol. The van der Waals surface area contributed by atoms with E-state index >= 15 is 0 Å². The molecule has 0 spiro atoms. The first kappa shape index (κ1) is 15.5. The second-order valence-electron chi connectivity index (χ2n) is 5.04. The minimum atomic E-state index is 0.331. The monoisotopic (exact) mass is 266 g/mol. The van der Waals surface area contributed by atoms with Crippen molar-refractivity contribution in [2.45, 2.75) is 26.8 Å². The maximum absolute atomic E-state index is 6.00. The van der Waals surface area contributed by atoms with Crippen LogP contribution in [0.2, 0.25) is 0 Å². The third-order valence-electron chi connectivity index (χ3n) is 3.47. The van der Waals surface area contributed by atoms with Gasteiger partial charge in [-0.15, -0.1) is 0 Å². The van der Waals surface area contributed by atoms with Crippen LogP contribution in [0.15, 0.2) is 12.1 Å². The Bertz CT molecular complexity index is 367. The lowest BCUT2D eigenvalue weighted by Crippen LogP contribution is -2.33. The Labute approximate surface area is 116 Å². The van der Waals surface area contributed by atoms with Gasteiger partial charge < -0.3 is 5.73 Å². The first-order valence-electron chi connectivity index (χ1n) is 6.48. The lowest BCUT2D eigenvalue weighted by molar-refractivity contribution is 0.264. The molecule has 0 aliphatic carbocycles. The van der Waals surface area contributed by atoms with E-state index in [1.807, 2.05) is 11.8 Å². The second kappa shape index (κ2) is 7.17. The topological polar surface area (TPSA) is 29.3 Å². The maximum atomic E-state index is 6.00. The summed E-state index contributed by atoms with van der Waals surface area (Å²) < 4.78 is 0. The average Bonchev–Trinajstić information content (AvgIpc) is 2.30. The van der Waals surface area contributed by atoms with Crippen molar-refractivity contribution < 1.29 is 0 Å². The van der Waals surface area contributed by atoms with Crippen molar-refractivity contribution in [1.82, 2.24) is 4.90 Å².